The molecule has 1 saturated heterocycles. The Labute approximate surface area is 107 Å². The lowest BCUT2D eigenvalue weighted by Gasteiger charge is -2.39. The van der Waals surface area contributed by atoms with E-state index in [1.807, 2.05) is 20.8 Å². The van der Waals surface area contributed by atoms with Gasteiger partial charge in [-0.3, -0.25) is 4.79 Å². The highest BCUT2D eigenvalue weighted by Gasteiger charge is 2.30. The number of nitrogens with one attached hydrogen (secondary N) is 1. The molecule has 0 radical (unpaired) electrons. The van der Waals surface area contributed by atoms with E-state index >= 15 is 0 Å². The maximum Gasteiger partial charge on any atom is 0.257 e. The first kappa shape index (κ1) is 13.0. The SMILES string of the molecule is Cc1ccc(F)c(C(=O)N2C(C)CNCC2C)c1. The van der Waals surface area contributed by atoms with Crippen molar-refractivity contribution in [2.75, 3.05) is 13.1 Å². The van der Waals surface area contributed by atoms with Crippen molar-refractivity contribution in [3.63, 3.8) is 0 Å². The summed E-state index contributed by atoms with van der Waals surface area (Å²) in [5.74, 6) is -0.652. The van der Waals surface area contributed by atoms with Gasteiger partial charge >= 0.3 is 0 Å². The molecule has 1 aromatic carbocycles. The van der Waals surface area contributed by atoms with Crippen molar-refractivity contribution in [2.24, 2.45) is 0 Å². The third-order valence-corrected chi connectivity index (χ3v) is 3.42. The largest absolute Gasteiger partial charge is 0.331 e. The Morgan fingerprint density at radius 1 is 1.33 bits per heavy atom. The average Bonchev–Trinajstić information content (AvgIpc) is 2.32. The van der Waals surface area contributed by atoms with E-state index in [1.165, 1.54) is 6.07 Å². The fourth-order valence-electron chi connectivity index (χ4n) is 2.47. The van der Waals surface area contributed by atoms with Crippen LogP contribution in [0, 0.1) is 12.7 Å². The number of hydrogen-bond donors (Lipinski definition) is 1. The van der Waals surface area contributed by atoms with E-state index < -0.39 is 5.82 Å². The molecule has 0 aliphatic carbocycles. The summed E-state index contributed by atoms with van der Waals surface area (Å²) in [6.07, 6.45) is 0. The minimum Gasteiger partial charge on any atom is -0.331 e. The molecule has 0 aromatic heterocycles. The van der Waals surface area contributed by atoms with Gasteiger partial charge in [0.1, 0.15) is 5.82 Å². The van der Waals surface area contributed by atoms with E-state index in [2.05, 4.69) is 5.32 Å². The summed E-state index contributed by atoms with van der Waals surface area (Å²) in [7, 11) is 0. The zero-order chi connectivity index (χ0) is 13.3. The van der Waals surface area contributed by atoms with Crippen molar-refractivity contribution in [3.05, 3.63) is 35.1 Å². The summed E-state index contributed by atoms with van der Waals surface area (Å²) in [6.45, 7) is 7.33. The van der Waals surface area contributed by atoms with Crippen LogP contribution in [0.5, 0.6) is 0 Å². The number of rotatable bonds is 1. The van der Waals surface area contributed by atoms with Gasteiger partial charge in [0, 0.05) is 25.2 Å². The van der Waals surface area contributed by atoms with Gasteiger partial charge in [-0.05, 0) is 32.9 Å². The lowest BCUT2D eigenvalue weighted by atomic mass is 10.0. The first-order chi connectivity index (χ1) is 8.50. The summed E-state index contributed by atoms with van der Waals surface area (Å²) >= 11 is 0. The van der Waals surface area contributed by atoms with Crippen LogP contribution in [-0.4, -0.2) is 36.0 Å². The Kier molecular flexibility index (Phi) is 3.66. The van der Waals surface area contributed by atoms with Crippen LogP contribution in [0.4, 0.5) is 4.39 Å². The molecule has 3 nitrogen and oxygen atoms in total. The standard InChI is InChI=1S/C14H19FN2O/c1-9-4-5-13(15)12(6-9)14(18)17-10(2)7-16-8-11(17)3/h4-6,10-11,16H,7-8H2,1-3H3. The molecule has 4 heteroatoms. The predicted molar refractivity (Wildman–Crippen MR) is 69.1 cm³/mol. The van der Waals surface area contributed by atoms with Crippen LogP contribution in [-0.2, 0) is 0 Å². The second-order valence-electron chi connectivity index (χ2n) is 5.05. The molecule has 18 heavy (non-hydrogen) atoms. The molecule has 2 rings (SSSR count). The zero-order valence-corrected chi connectivity index (χ0v) is 11.0. The van der Waals surface area contributed by atoms with Gasteiger partial charge in [-0.1, -0.05) is 11.6 Å². The van der Waals surface area contributed by atoms with E-state index in [1.54, 1.807) is 17.0 Å². The van der Waals surface area contributed by atoms with Gasteiger partial charge in [-0.15, -0.1) is 0 Å². The highest BCUT2D eigenvalue weighted by molar-refractivity contribution is 5.95. The molecule has 1 fully saturated rings. The predicted octanol–water partition coefficient (Wildman–Crippen LogP) is 1.96. The van der Waals surface area contributed by atoms with E-state index in [-0.39, 0.29) is 23.6 Å². The first-order valence-corrected chi connectivity index (χ1v) is 6.30. The number of nitrogens with zero attached hydrogens (tertiary/aromatic N) is 1. The molecule has 1 aromatic rings. The lowest BCUT2D eigenvalue weighted by molar-refractivity contribution is 0.0539. The third kappa shape index (κ3) is 2.38. The van der Waals surface area contributed by atoms with Crippen LogP contribution < -0.4 is 5.32 Å². The van der Waals surface area contributed by atoms with E-state index in [4.69, 9.17) is 0 Å². The normalized spacial score (nSPS) is 24.1. The fourth-order valence-corrected chi connectivity index (χ4v) is 2.47. The molecule has 98 valence electrons. The maximum atomic E-state index is 13.8. The molecule has 0 saturated carbocycles. The van der Waals surface area contributed by atoms with Crippen molar-refractivity contribution in [3.8, 4) is 0 Å². The second kappa shape index (κ2) is 5.06. The van der Waals surface area contributed by atoms with Crippen LogP contribution in [0.1, 0.15) is 29.8 Å². The van der Waals surface area contributed by atoms with E-state index in [0.29, 0.717) is 0 Å². The molecular weight excluding hydrogens is 231 g/mol. The molecule has 1 N–H and O–H groups in total. The molecule has 0 spiro atoms. The number of halogens is 1. The van der Waals surface area contributed by atoms with Gasteiger partial charge in [0.05, 0.1) is 5.56 Å². The number of carbonyl (C=O) groups excluding carboxylic acids is 1. The molecule has 1 amide bonds. The van der Waals surface area contributed by atoms with Gasteiger partial charge in [-0.25, -0.2) is 4.39 Å². The van der Waals surface area contributed by atoms with Gasteiger partial charge in [0.25, 0.3) is 5.91 Å². The average molecular weight is 250 g/mol. The minimum absolute atomic E-state index is 0.0844. The smallest absolute Gasteiger partial charge is 0.257 e. The summed E-state index contributed by atoms with van der Waals surface area (Å²) < 4.78 is 13.8. The van der Waals surface area contributed by atoms with Gasteiger partial charge in [0.2, 0.25) is 0 Å². The number of aryl methyl sites for hydroxylation is 1. The highest BCUT2D eigenvalue weighted by atomic mass is 19.1. The van der Waals surface area contributed by atoms with Crippen molar-refractivity contribution in [1.82, 2.24) is 10.2 Å². The molecule has 0 bridgehead atoms. The van der Waals surface area contributed by atoms with Crippen molar-refractivity contribution < 1.29 is 9.18 Å². The summed E-state index contributed by atoms with van der Waals surface area (Å²) in [5.41, 5.74) is 1.07. The summed E-state index contributed by atoms with van der Waals surface area (Å²) in [5, 5.41) is 3.26. The topological polar surface area (TPSA) is 32.3 Å². The molecule has 2 atom stereocenters. The third-order valence-electron chi connectivity index (χ3n) is 3.42. The number of benzene rings is 1. The van der Waals surface area contributed by atoms with E-state index in [0.717, 1.165) is 18.7 Å². The number of piperazine rings is 1. The Hall–Kier alpha value is -1.42. The molecule has 1 aliphatic heterocycles. The van der Waals surface area contributed by atoms with Crippen LogP contribution in [0.3, 0.4) is 0 Å². The van der Waals surface area contributed by atoms with Crippen molar-refractivity contribution in [2.45, 2.75) is 32.9 Å². The Bertz CT molecular complexity index is 451. The highest BCUT2D eigenvalue weighted by Crippen LogP contribution is 2.18. The van der Waals surface area contributed by atoms with Crippen LogP contribution in [0.2, 0.25) is 0 Å². The summed E-state index contributed by atoms with van der Waals surface area (Å²) in [4.78, 5) is 14.2. The first-order valence-electron chi connectivity index (χ1n) is 6.30. The second-order valence-corrected chi connectivity index (χ2v) is 5.05. The zero-order valence-electron chi connectivity index (χ0n) is 11.0. The molecule has 1 aliphatic rings. The summed E-state index contributed by atoms with van der Waals surface area (Å²) in [6, 6.07) is 4.83. The van der Waals surface area contributed by atoms with Gasteiger partial charge in [-0.2, -0.15) is 0 Å². The molecule has 2 unspecified atom stereocenters. The minimum atomic E-state index is -0.441. The van der Waals surface area contributed by atoms with Crippen LogP contribution in [0.25, 0.3) is 0 Å². The number of carbonyl (C=O) groups is 1. The van der Waals surface area contributed by atoms with Gasteiger partial charge in [0.15, 0.2) is 0 Å². The van der Waals surface area contributed by atoms with Crippen LogP contribution >= 0.6 is 0 Å². The fraction of sp³-hybridized carbons (Fsp3) is 0.500. The lowest BCUT2D eigenvalue weighted by Crippen LogP contribution is -2.57. The number of amides is 1. The monoisotopic (exact) mass is 250 g/mol. The van der Waals surface area contributed by atoms with E-state index in [9.17, 15) is 9.18 Å². The Balaban J connectivity index is 2.32. The molecular formula is C14H19FN2O. The quantitative estimate of drug-likeness (QED) is 0.826. The van der Waals surface area contributed by atoms with Gasteiger partial charge < -0.3 is 10.2 Å². The number of hydrogen-bond acceptors (Lipinski definition) is 2. The Morgan fingerprint density at radius 3 is 2.56 bits per heavy atom. The molecule has 1 heterocycles. The van der Waals surface area contributed by atoms with Crippen LogP contribution in [0.15, 0.2) is 18.2 Å². The Morgan fingerprint density at radius 2 is 1.94 bits per heavy atom. The van der Waals surface area contributed by atoms with Crippen molar-refractivity contribution >= 4 is 5.91 Å². The van der Waals surface area contributed by atoms with Crippen molar-refractivity contribution in [1.29, 1.82) is 0 Å². The maximum absolute atomic E-state index is 13.8.